The van der Waals surface area contributed by atoms with Gasteiger partial charge in [-0.15, -0.1) is 0 Å². The smallest absolute Gasteiger partial charge is 0.336 e. The molecule has 0 unspecified atom stereocenters. The third-order valence-corrected chi connectivity index (χ3v) is 4.43. The number of nitrogens with one attached hydrogen (secondary N) is 2. The quantitative estimate of drug-likeness (QED) is 0.487. The molecule has 0 amide bonds. The van der Waals surface area contributed by atoms with Crippen molar-refractivity contribution in [3.05, 3.63) is 57.4 Å². The maximum Gasteiger partial charge on any atom is 0.336 e. The third-order valence-electron chi connectivity index (χ3n) is 3.93. The Balaban J connectivity index is 1.84. The summed E-state index contributed by atoms with van der Waals surface area (Å²) in [7, 11) is 3.06. The highest BCUT2D eigenvalue weighted by molar-refractivity contribution is 7.80. The Hall–Kier alpha value is -2.77. The number of halogens is 1. The van der Waals surface area contributed by atoms with Gasteiger partial charge in [-0.25, -0.2) is 4.79 Å². The van der Waals surface area contributed by atoms with Crippen molar-refractivity contribution in [2.75, 3.05) is 24.9 Å². The summed E-state index contributed by atoms with van der Waals surface area (Å²) in [6.07, 6.45) is 0. The molecule has 1 aromatic heterocycles. The maximum absolute atomic E-state index is 11.6. The Morgan fingerprint density at radius 3 is 2.52 bits per heavy atom. The van der Waals surface area contributed by atoms with Gasteiger partial charge in [-0.05, 0) is 36.8 Å². The Morgan fingerprint density at radius 2 is 1.81 bits per heavy atom. The van der Waals surface area contributed by atoms with Gasteiger partial charge in [-0.3, -0.25) is 0 Å². The molecule has 140 valence electrons. The Morgan fingerprint density at radius 1 is 1.07 bits per heavy atom. The van der Waals surface area contributed by atoms with E-state index in [1.807, 2.05) is 19.1 Å². The molecular formula is C19H17ClN2O4S. The van der Waals surface area contributed by atoms with Gasteiger partial charge in [0.05, 0.1) is 24.9 Å². The van der Waals surface area contributed by atoms with Crippen molar-refractivity contribution in [3.8, 4) is 11.5 Å². The summed E-state index contributed by atoms with van der Waals surface area (Å²) in [6, 6.07) is 10.2. The molecule has 1 heterocycles. The summed E-state index contributed by atoms with van der Waals surface area (Å²) in [4.78, 5) is 11.6. The molecule has 0 bridgehead atoms. The van der Waals surface area contributed by atoms with E-state index in [9.17, 15) is 4.79 Å². The molecular weight excluding hydrogens is 388 g/mol. The molecule has 27 heavy (non-hydrogen) atoms. The molecule has 0 fully saturated rings. The molecule has 6 nitrogen and oxygen atoms in total. The summed E-state index contributed by atoms with van der Waals surface area (Å²) < 4.78 is 15.8. The van der Waals surface area contributed by atoms with Crippen LogP contribution in [-0.4, -0.2) is 19.3 Å². The van der Waals surface area contributed by atoms with Crippen LogP contribution in [-0.2, 0) is 0 Å². The molecule has 3 rings (SSSR count). The molecule has 2 aromatic carbocycles. The highest BCUT2D eigenvalue weighted by Gasteiger charge is 2.12. The second-order valence-electron chi connectivity index (χ2n) is 5.73. The zero-order valence-electron chi connectivity index (χ0n) is 14.9. The van der Waals surface area contributed by atoms with Gasteiger partial charge in [0, 0.05) is 35.3 Å². The predicted molar refractivity (Wildman–Crippen MR) is 112 cm³/mol. The van der Waals surface area contributed by atoms with Gasteiger partial charge < -0.3 is 24.5 Å². The van der Waals surface area contributed by atoms with Crippen molar-refractivity contribution >= 4 is 51.3 Å². The van der Waals surface area contributed by atoms with Crippen molar-refractivity contribution in [3.63, 3.8) is 0 Å². The molecule has 0 spiro atoms. The minimum Gasteiger partial charge on any atom is -0.495 e. The van der Waals surface area contributed by atoms with E-state index < -0.39 is 5.63 Å². The lowest BCUT2D eigenvalue weighted by Gasteiger charge is -2.15. The Bertz CT molecular complexity index is 1080. The highest BCUT2D eigenvalue weighted by Crippen LogP contribution is 2.36. The minimum absolute atomic E-state index is 0.326. The van der Waals surface area contributed by atoms with Crippen molar-refractivity contribution in [2.24, 2.45) is 0 Å². The highest BCUT2D eigenvalue weighted by atomic mass is 35.5. The summed E-state index contributed by atoms with van der Waals surface area (Å²) in [5, 5.41) is 7.72. The molecule has 0 atom stereocenters. The number of methoxy groups -OCH3 is 2. The van der Waals surface area contributed by atoms with Crippen LogP contribution >= 0.6 is 23.8 Å². The molecule has 0 saturated carbocycles. The van der Waals surface area contributed by atoms with Crippen LogP contribution in [0.4, 0.5) is 11.4 Å². The fourth-order valence-electron chi connectivity index (χ4n) is 2.65. The van der Waals surface area contributed by atoms with E-state index in [2.05, 4.69) is 10.6 Å². The topological polar surface area (TPSA) is 72.7 Å². The Kier molecular flexibility index (Phi) is 5.53. The van der Waals surface area contributed by atoms with E-state index in [0.717, 1.165) is 10.9 Å². The van der Waals surface area contributed by atoms with Crippen LogP contribution in [0.3, 0.4) is 0 Å². The number of aryl methyl sites for hydroxylation is 1. The fourth-order valence-corrected chi connectivity index (χ4v) is 3.10. The zero-order valence-corrected chi connectivity index (χ0v) is 16.5. The van der Waals surface area contributed by atoms with Gasteiger partial charge >= 0.3 is 5.63 Å². The number of rotatable bonds is 4. The van der Waals surface area contributed by atoms with Crippen LogP contribution in [0.25, 0.3) is 11.0 Å². The van der Waals surface area contributed by atoms with Gasteiger partial charge in [0.1, 0.15) is 17.1 Å². The summed E-state index contributed by atoms with van der Waals surface area (Å²) >= 11 is 11.5. The number of hydrogen-bond donors (Lipinski definition) is 2. The average Bonchev–Trinajstić information content (AvgIpc) is 2.62. The molecule has 0 aliphatic rings. The minimum atomic E-state index is -0.393. The van der Waals surface area contributed by atoms with Crippen LogP contribution in [0.2, 0.25) is 5.02 Å². The van der Waals surface area contributed by atoms with Gasteiger partial charge in [0.15, 0.2) is 5.11 Å². The monoisotopic (exact) mass is 404 g/mol. The van der Waals surface area contributed by atoms with Crippen molar-refractivity contribution in [2.45, 2.75) is 6.92 Å². The second-order valence-corrected chi connectivity index (χ2v) is 6.54. The van der Waals surface area contributed by atoms with Crippen LogP contribution in [0.5, 0.6) is 11.5 Å². The first-order valence-corrected chi connectivity index (χ1v) is 8.74. The average molecular weight is 405 g/mol. The fraction of sp³-hybridized carbons (Fsp3) is 0.158. The molecule has 8 heteroatoms. The van der Waals surface area contributed by atoms with Gasteiger partial charge in [-0.1, -0.05) is 11.6 Å². The van der Waals surface area contributed by atoms with E-state index in [0.29, 0.717) is 38.6 Å². The molecule has 0 aliphatic heterocycles. The Labute approximate surface area is 166 Å². The number of anilines is 2. The molecule has 0 saturated heterocycles. The summed E-state index contributed by atoms with van der Waals surface area (Å²) in [5.41, 5.74) is 2.22. The van der Waals surface area contributed by atoms with Crippen LogP contribution in [0, 0.1) is 6.92 Å². The van der Waals surface area contributed by atoms with E-state index in [4.69, 9.17) is 37.7 Å². The molecule has 0 radical (unpaired) electrons. The predicted octanol–water partition coefficient (Wildman–Crippen LogP) is 4.58. The largest absolute Gasteiger partial charge is 0.495 e. The van der Waals surface area contributed by atoms with Crippen molar-refractivity contribution in [1.82, 2.24) is 0 Å². The van der Waals surface area contributed by atoms with E-state index in [1.165, 1.54) is 20.3 Å². The number of hydrogen-bond acceptors (Lipinski definition) is 5. The van der Waals surface area contributed by atoms with Gasteiger partial charge in [0.25, 0.3) is 0 Å². The first-order valence-electron chi connectivity index (χ1n) is 7.95. The maximum atomic E-state index is 11.6. The third kappa shape index (κ3) is 4.15. The van der Waals surface area contributed by atoms with Crippen molar-refractivity contribution in [1.29, 1.82) is 0 Å². The summed E-state index contributed by atoms with van der Waals surface area (Å²) in [6.45, 7) is 1.86. The number of thiocarbonyl (C=S) groups is 1. The number of benzene rings is 2. The van der Waals surface area contributed by atoms with Gasteiger partial charge in [-0.2, -0.15) is 0 Å². The first-order chi connectivity index (χ1) is 12.9. The summed E-state index contributed by atoms with van der Waals surface area (Å²) in [5.74, 6) is 1.01. The lowest BCUT2D eigenvalue weighted by molar-refractivity contribution is 0.405. The number of fused-ring (bicyclic) bond motifs is 1. The lowest BCUT2D eigenvalue weighted by Crippen LogP contribution is -2.19. The lowest BCUT2D eigenvalue weighted by atomic mass is 10.1. The van der Waals surface area contributed by atoms with E-state index in [-0.39, 0.29) is 0 Å². The normalized spacial score (nSPS) is 10.5. The van der Waals surface area contributed by atoms with Crippen LogP contribution in [0.1, 0.15) is 5.56 Å². The molecule has 3 aromatic rings. The second kappa shape index (κ2) is 7.85. The standard InChI is InChI=1S/C19H17ClN2O4S/c1-10-6-18(23)26-15-7-11(4-5-12(10)15)21-19(27)22-14-9-16(24-2)13(20)8-17(14)25-3/h4-9H,1-3H3,(H2,21,22,27). The SMILES string of the molecule is COc1cc(NC(=S)Nc2ccc3c(C)cc(=O)oc3c2)c(OC)cc1Cl. The molecule has 2 N–H and O–H groups in total. The number of ether oxygens (including phenoxy) is 2. The van der Waals surface area contributed by atoms with Crippen molar-refractivity contribution < 1.29 is 13.9 Å². The zero-order chi connectivity index (χ0) is 19.6. The molecule has 0 aliphatic carbocycles. The van der Waals surface area contributed by atoms with E-state index >= 15 is 0 Å². The van der Waals surface area contributed by atoms with Gasteiger partial charge in [0.2, 0.25) is 0 Å². The van der Waals surface area contributed by atoms with Crippen LogP contribution < -0.4 is 25.7 Å². The van der Waals surface area contributed by atoms with Crippen LogP contribution in [0.15, 0.2) is 45.6 Å². The van der Waals surface area contributed by atoms with E-state index in [1.54, 1.807) is 18.2 Å². The first kappa shape index (κ1) is 19.0.